The smallest absolute Gasteiger partial charge is 0.222 e. The summed E-state index contributed by atoms with van der Waals surface area (Å²) in [6.45, 7) is 1.70. The molecule has 0 aliphatic carbocycles. The molecule has 1 aromatic rings. The first-order valence-electron chi connectivity index (χ1n) is 8.19. The molecule has 1 aromatic carbocycles. The molecule has 6 nitrogen and oxygen atoms in total. The predicted octanol–water partition coefficient (Wildman–Crippen LogP) is 1.25. The van der Waals surface area contributed by atoms with Crippen LogP contribution < -0.4 is 15.8 Å². The molecular formula is C18H28N2O4. The van der Waals surface area contributed by atoms with Gasteiger partial charge in [-0.05, 0) is 43.4 Å². The molecule has 0 spiro atoms. The first-order valence-corrected chi connectivity index (χ1v) is 8.19. The average Bonchev–Trinajstić information content (AvgIpc) is 2.58. The van der Waals surface area contributed by atoms with Gasteiger partial charge in [-0.25, -0.2) is 0 Å². The number of rotatable bonds is 10. The minimum absolute atomic E-state index is 0.174. The fourth-order valence-electron chi connectivity index (χ4n) is 2.63. The van der Waals surface area contributed by atoms with Gasteiger partial charge in [0.05, 0.1) is 13.2 Å². The lowest BCUT2D eigenvalue weighted by Crippen LogP contribution is -2.34. The van der Waals surface area contributed by atoms with Crippen molar-refractivity contribution in [1.82, 2.24) is 5.32 Å². The Balaban J connectivity index is 2.55. The molecule has 6 heteroatoms. The van der Waals surface area contributed by atoms with E-state index in [1.54, 1.807) is 21.1 Å². The number of hydrogen-bond acceptors (Lipinski definition) is 4. The highest BCUT2D eigenvalue weighted by atomic mass is 16.5. The Morgan fingerprint density at radius 3 is 2.38 bits per heavy atom. The third-order valence-electron chi connectivity index (χ3n) is 4.22. The average molecular weight is 336 g/mol. The topological polar surface area (TPSA) is 102 Å². The zero-order valence-corrected chi connectivity index (χ0v) is 14.6. The number of aliphatic hydroxyl groups is 1. The Morgan fingerprint density at radius 2 is 1.88 bits per heavy atom. The number of nitrogens with one attached hydrogen (secondary N) is 1. The Bertz CT molecular complexity index is 530. The monoisotopic (exact) mass is 336 g/mol. The van der Waals surface area contributed by atoms with Crippen LogP contribution in [0.25, 0.3) is 0 Å². The first kappa shape index (κ1) is 20.0. The lowest BCUT2D eigenvalue weighted by molar-refractivity contribution is -0.127. The molecule has 0 fully saturated rings. The van der Waals surface area contributed by atoms with Gasteiger partial charge in [-0.1, -0.05) is 19.1 Å². The third-order valence-corrected chi connectivity index (χ3v) is 4.22. The van der Waals surface area contributed by atoms with Crippen LogP contribution in [0, 0.1) is 11.8 Å². The second-order valence-corrected chi connectivity index (χ2v) is 6.13. The molecule has 0 saturated carbocycles. The molecule has 1 unspecified atom stereocenters. The number of carbonyl (C=O) groups is 2. The van der Waals surface area contributed by atoms with Crippen molar-refractivity contribution in [2.75, 3.05) is 14.2 Å². The van der Waals surface area contributed by atoms with E-state index < -0.39 is 23.8 Å². The minimum Gasteiger partial charge on any atom is -0.497 e. The summed E-state index contributed by atoms with van der Waals surface area (Å²) in [5, 5.41) is 12.8. The van der Waals surface area contributed by atoms with Gasteiger partial charge in [-0.15, -0.1) is 0 Å². The highest BCUT2D eigenvalue weighted by Crippen LogP contribution is 2.21. The summed E-state index contributed by atoms with van der Waals surface area (Å²) in [7, 11) is 3.17. The Morgan fingerprint density at radius 1 is 1.25 bits per heavy atom. The summed E-state index contributed by atoms with van der Waals surface area (Å²) in [6.07, 6.45) is 1.29. The molecule has 3 atom stereocenters. The standard InChI is InChI=1S/C18H28N2O4/c1-12(17(19)22)10-14(18(23)20-2)11-15(21)7-4-13-5-8-16(24-3)9-6-13/h5-6,8-9,12,14-15,21H,4,7,10-11H2,1-3H3,(H2,19,22)(H,20,23)/t12?,14-,15+/m1/s1. The van der Waals surface area contributed by atoms with Crippen LogP contribution in [0.1, 0.15) is 31.7 Å². The zero-order chi connectivity index (χ0) is 18.1. The maximum atomic E-state index is 12.0. The van der Waals surface area contributed by atoms with E-state index >= 15 is 0 Å². The van der Waals surface area contributed by atoms with Crippen molar-refractivity contribution in [1.29, 1.82) is 0 Å². The van der Waals surface area contributed by atoms with E-state index in [-0.39, 0.29) is 5.91 Å². The number of ether oxygens (including phenoxy) is 1. The Hall–Kier alpha value is -2.08. The lowest BCUT2D eigenvalue weighted by Gasteiger charge is -2.21. The van der Waals surface area contributed by atoms with Crippen molar-refractivity contribution in [3.63, 3.8) is 0 Å². The lowest BCUT2D eigenvalue weighted by atomic mass is 9.88. The van der Waals surface area contributed by atoms with Crippen molar-refractivity contribution in [2.24, 2.45) is 17.6 Å². The van der Waals surface area contributed by atoms with Gasteiger partial charge in [-0.2, -0.15) is 0 Å². The van der Waals surface area contributed by atoms with E-state index in [1.807, 2.05) is 24.3 Å². The summed E-state index contributed by atoms with van der Waals surface area (Å²) >= 11 is 0. The molecule has 0 bridgehead atoms. The third kappa shape index (κ3) is 6.58. The number of benzene rings is 1. The van der Waals surface area contributed by atoms with Crippen LogP contribution in [0.4, 0.5) is 0 Å². The number of nitrogens with two attached hydrogens (primary N) is 1. The van der Waals surface area contributed by atoms with E-state index in [2.05, 4.69) is 5.32 Å². The van der Waals surface area contributed by atoms with Gasteiger partial charge >= 0.3 is 0 Å². The van der Waals surface area contributed by atoms with Crippen LogP contribution >= 0.6 is 0 Å². The van der Waals surface area contributed by atoms with Crippen molar-refractivity contribution >= 4 is 11.8 Å². The number of amides is 2. The van der Waals surface area contributed by atoms with E-state index in [4.69, 9.17) is 10.5 Å². The van der Waals surface area contributed by atoms with Gasteiger partial charge < -0.3 is 20.9 Å². The van der Waals surface area contributed by atoms with Crippen molar-refractivity contribution in [3.8, 4) is 5.75 Å². The van der Waals surface area contributed by atoms with Crippen molar-refractivity contribution in [3.05, 3.63) is 29.8 Å². The van der Waals surface area contributed by atoms with Crippen LogP contribution in [-0.4, -0.2) is 37.2 Å². The molecule has 0 radical (unpaired) electrons. The maximum absolute atomic E-state index is 12.0. The van der Waals surface area contributed by atoms with Crippen LogP contribution in [0.3, 0.4) is 0 Å². The number of methoxy groups -OCH3 is 1. The number of aryl methyl sites for hydroxylation is 1. The molecule has 0 saturated heterocycles. The molecule has 0 aliphatic heterocycles. The predicted molar refractivity (Wildman–Crippen MR) is 92.5 cm³/mol. The molecule has 0 aromatic heterocycles. The molecule has 4 N–H and O–H groups in total. The Labute approximate surface area is 143 Å². The molecule has 134 valence electrons. The van der Waals surface area contributed by atoms with Gasteiger partial charge in [-0.3, -0.25) is 9.59 Å². The molecule has 0 heterocycles. The van der Waals surface area contributed by atoms with Gasteiger partial charge in [0.25, 0.3) is 0 Å². The largest absolute Gasteiger partial charge is 0.497 e. The van der Waals surface area contributed by atoms with Crippen LogP contribution in [0.15, 0.2) is 24.3 Å². The van der Waals surface area contributed by atoms with Gasteiger partial charge in [0.2, 0.25) is 11.8 Å². The molecule has 1 rings (SSSR count). The number of carbonyl (C=O) groups excluding carboxylic acids is 2. The highest BCUT2D eigenvalue weighted by molar-refractivity contribution is 5.80. The minimum atomic E-state index is -0.616. The van der Waals surface area contributed by atoms with Crippen molar-refractivity contribution in [2.45, 2.75) is 38.7 Å². The summed E-state index contributed by atoms with van der Waals surface area (Å²) in [6, 6.07) is 7.67. The van der Waals surface area contributed by atoms with Gasteiger partial charge in [0, 0.05) is 18.9 Å². The van der Waals surface area contributed by atoms with Crippen LogP contribution in [0.2, 0.25) is 0 Å². The van der Waals surface area contributed by atoms with Gasteiger partial charge in [0.1, 0.15) is 5.75 Å². The fraction of sp³-hybridized carbons (Fsp3) is 0.556. The summed E-state index contributed by atoms with van der Waals surface area (Å²) in [5.74, 6) is -0.646. The zero-order valence-electron chi connectivity index (χ0n) is 14.6. The number of primary amides is 1. The number of hydrogen-bond donors (Lipinski definition) is 3. The summed E-state index contributed by atoms with van der Waals surface area (Å²) in [5.41, 5.74) is 6.37. The van der Waals surface area contributed by atoms with Gasteiger partial charge in [0.15, 0.2) is 0 Å². The maximum Gasteiger partial charge on any atom is 0.222 e. The summed E-state index contributed by atoms with van der Waals surface area (Å²) in [4.78, 5) is 23.2. The Kier molecular flexibility index (Phi) is 8.26. The highest BCUT2D eigenvalue weighted by Gasteiger charge is 2.25. The molecule has 0 aliphatic rings. The SMILES string of the molecule is CNC(=O)[C@H](CC(C)C(N)=O)C[C@@H](O)CCc1ccc(OC)cc1. The van der Waals surface area contributed by atoms with Crippen molar-refractivity contribution < 1.29 is 19.4 Å². The second-order valence-electron chi connectivity index (χ2n) is 6.13. The molecule has 24 heavy (non-hydrogen) atoms. The fourth-order valence-corrected chi connectivity index (χ4v) is 2.63. The second kappa shape index (κ2) is 9.93. The molecular weight excluding hydrogens is 308 g/mol. The van der Waals surface area contributed by atoms with E-state index in [0.29, 0.717) is 25.7 Å². The quantitative estimate of drug-likeness (QED) is 0.598. The van der Waals surface area contributed by atoms with E-state index in [1.165, 1.54) is 0 Å². The number of aliphatic hydroxyl groups excluding tert-OH is 1. The van der Waals surface area contributed by atoms with E-state index in [9.17, 15) is 14.7 Å². The molecule has 2 amide bonds. The van der Waals surface area contributed by atoms with Crippen LogP contribution in [0.5, 0.6) is 5.75 Å². The normalized spacial score (nSPS) is 14.5. The van der Waals surface area contributed by atoms with Crippen LogP contribution in [-0.2, 0) is 16.0 Å². The summed E-state index contributed by atoms with van der Waals surface area (Å²) < 4.78 is 5.11. The first-order chi connectivity index (χ1) is 11.4. The van der Waals surface area contributed by atoms with E-state index in [0.717, 1.165) is 11.3 Å².